The van der Waals surface area contributed by atoms with E-state index in [-0.39, 0.29) is 17.9 Å². The summed E-state index contributed by atoms with van der Waals surface area (Å²) < 4.78 is 43.4. The van der Waals surface area contributed by atoms with Gasteiger partial charge in [-0.25, -0.2) is 12.8 Å². The van der Waals surface area contributed by atoms with Gasteiger partial charge in [-0.2, -0.15) is 4.31 Å². The van der Waals surface area contributed by atoms with Crippen molar-refractivity contribution in [2.75, 3.05) is 6.54 Å². The minimum absolute atomic E-state index is 0.192. The van der Waals surface area contributed by atoms with E-state index in [1.807, 2.05) is 0 Å². The van der Waals surface area contributed by atoms with E-state index in [2.05, 4.69) is 0 Å². The van der Waals surface area contributed by atoms with Crippen molar-refractivity contribution in [1.29, 1.82) is 0 Å². The smallest absolute Gasteiger partial charge is 0.302 e. The highest BCUT2D eigenvalue weighted by atomic mass is 32.2. The average molecular weight is 330 g/mol. The van der Waals surface area contributed by atoms with Crippen molar-refractivity contribution in [2.24, 2.45) is 0 Å². The zero-order valence-corrected chi connectivity index (χ0v) is 12.4. The van der Waals surface area contributed by atoms with Crippen LogP contribution in [0.15, 0.2) is 29.2 Å². The normalized spacial score (nSPS) is 22.5. The number of ether oxygens (including phenoxy) is 1. The Balaban J connectivity index is 2.33. The fourth-order valence-electron chi connectivity index (χ4n) is 2.31. The zero-order valence-electron chi connectivity index (χ0n) is 11.6. The van der Waals surface area contributed by atoms with Crippen molar-refractivity contribution in [2.45, 2.75) is 30.4 Å². The van der Waals surface area contributed by atoms with Crippen LogP contribution in [0.5, 0.6) is 0 Å². The van der Waals surface area contributed by atoms with Gasteiger partial charge in [-0.3, -0.25) is 4.79 Å². The number of carboxylic acids is 1. The van der Waals surface area contributed by atoms with Gasteiger partial charge in [0.25, 0.3) is 0 Å². The van der Waals surface area contributed by atoms with Crippen molar-refractivity contribution in [3.05, 3.63) is 30.1 Å². The molecule has 1 heterocycles. The first-order chi connectivity index (χ1) is 10.2. The molecule has 0 saturated carbocycles. The van der Waals surface area contributed by atoms with Crippen LogP contribution in [-0.4, -0.2) is 43.4 Å². The molecule has 0 amide bonds. The van der Waals surface area contributed by atoms with Crippen molar-refractivity contribution in [3.8, 4) is 0 Å². The predicted octanol–water partition coefficient (Wildman–Crippen LogP) is -0.730. The minimum Gasteiger partial charge on any atom is -0.548 e. The van der Waals surface area contributed by atoms with Gasteiger partial charge in [0, 0.05) is 13.3 Å². The Morgan fingerprint density at radius 2 is 1.91 bits per heavy atom. The van der Waals surface area contributed by atoms with E-state index in [1.165, 1.54) is 0 Å². The maximum absolute atomic E-state index is 12.9. The number of aliphatic carboxylic acids is 1. The Morgan fingerprint density at radius 1 is 1.32 bits per heavy atom. The molecule has 1 aromatic carbocycles. The summed E-state index contributed by atoms with van der Waals surface area (Å²) in [5.41, 5.74) is 0. The molecule has 0 radical (unpaired) electrons. The molecular weight excluding hydrogens is 317 g/mol. The van der Waals surface area contributed by atoms with Crippen LogP contribution in [0, 0.1) is 5.82 Å². The molecule has 1 aromatic rings. The van der Waals surface area contributed by atoms with Gasteiger partial charge in [0.05, 0.1) is 23.5 Å². The Labute approximate surface area is 126 Å². The lowest BCUT2D eigenvalue weighted by Gasteiger charge is -2.24. The molecule has 1 saturated heterocycles. The van der Waals surface area contributed by atoms with Crippen molar-refractivity contribution in [1.82, 2.24) is 4.31 Å². The Morgan fingerprint density at radius 3 is 2.41 bits per heavy atom. The number of sulfonamides is 1. The molecular formula is C13H13FNO6S-. The number of carbonyl (C=O) groups excluding carboxylic acids is 2. The number of carboxylic acid groups (broad SMARTS) is 1. The van der Waals surface area contributed by atoms with Crippen LogP contribution >= 0.6 is 0 Å². The van der Waals surface area contributed by atoms with Gasteiger partial charge in [0.1, 0.15) is 11.9 Å². The summed E-state index contributed by atoms with van der Waals surface area (Å²) in [5, 5.41) is 11.2. The van der Waals surface area contributed by atoms with Crippen molar-refractivity contribution >= 4 is 22.0 Å². The highest BCUT2D eigenvalue weighted by molar-refractivity contribution is 7.89. The molecule has 2 rings (SSSR count). The molecule has 0 aliphatic carbocycles. The second-order valence-corrected chi connectivity index (χ2v) is 6.72. The zero-order chi connectivity index (χ0) is 16.5. The maximum atomic E-state index is 12.9. The van der Waals surface area contributed by atoms with Crippen molar-refractivity contribution in [3.63, 3.8) is 0 Å². The van der Waals surface area contributed by atoms with E-state index in [1.54, 1.807) is 0 Å². The summed E-state index contributed by atoms with van der Waals surface area (Å²) in [6.07, 6.45) is -1.06. The van der Waals surface area contributed by atoms with E-state index in [0.717, 1.165) is 31.2 Å². The van der Waals surface area contributed by atoms with Crippen LogP contribution in [0.4, 0.5) is 4.39 Å². The summed E-state index contributed by atoms with van der Waals surface area (Å²) in [6, 6.07) is 2.55. The van der Waals surface area contributed by atoms with Gasteiger partial charge in [0.2, 0.25) is 10.0 Å². The highest BCUT2D eigenvalue weighted by Crippen LogP contribution is 2.27. The SMILES string of the molecule is CC(=O)O[C@H]1C[C@H](C(=O)[O-])N(S(=O)(=O)c2ccc(F)cc2)C1. The third-order valence-corrected chi connectivity index (χ3v) is 5.13. The number of rotatable bonds is 4. The average Bonchev–Trinajstić information content (AvgIpc) is 2.83. The molecule has 2 atom stereocenters. The van der Waals surface area contributed by atoms with Gasteiger partial charge in [0.15, 0.2) is 0 Å². The van der Waals surface area contributed by atoms with Gasteiger partial charge in [-0.15, -0.1) is 0 Å². The third kappa shape index (κ3) is 3.25. The van der Waals surface area contributed by atoms with E-state index in [4.69, 9.17) is 4.74 Å². The highest BCUT2D eigenvalue weighted by Gasteiger charge is 2.42. The summed E-state index contributed by atoms with van der Waals surface area (Å²) in [4.78, 5) is 21.9. The van der Waals surface area contributed by atoms with Crippen LogP contribution in [0.2, 0.25) is 0 Å². The predicted molar refractivity (Wildman–Crippen MR) is 69.3 cm³/mol. The van der Waals surface area contributed by atoms with Crippen LogP contribution in [0.3, 0.4) is 0 Å². The molecule has 1 fully saturated rings. The van der Waals surface area contributed by atoms with Crippen LogP contribution in [0.1, 0.15) is 13.3 Å². The third-order valence-electron chi connectivity index (χ3n) is 3.24. The second kappa shape index (κ2) is 6.01. The standard InChI is InChI=1S/C13H14FNO6S/c1-8(16)21-10-6-12(13(17)18)15(7-10)22(19,20)11-4-2-9(14)3-5-11/h2-5,10,12H,6-7H2,1H3,(H,17,18)/p-1/t10-,12+/m0/s1. The van der Waals surface area contributed by atoms with Gasteiger partial charge in [-0.05, 0) is 24.3 Å². The van der Waals surface area contributed by atoms with E-state index >= 15 is 0 Å². The number of hydrogen-bond acceptors (Lipinski definition) is 6. The topological polar surface area (TPSA) is 104 Å². The summed E-state index contributed by atoms with van der Waals surface area (Å²) >= 11 is 0. The first-order valence-electron chi connectivity index (χ1n) is 6.37. The quantitative estimate of drug-likeness (QED) is 0.674. The largest absolute Gasteiger partial charge is 0.548 e. The second-order valence-electron chi connectivity index (χ2n) is 4.83. The van der Waals surface area contributed by atoms with Crippen LogP contribution < -0.4 is 5.11 Å². The summed E-state index contributed by atoms with van der Waals surface area (Å²) in [6.45, 7) is 0.850. The lowest BCUT2D eigenvalue weighted by molar-refractivity contribution is -0.309. The number of carbonyl (C=O) groups is 2. The molecule has 0 N–H and O–H groups in total. The molecule has 120 valence electrons. The Kier molecular flexibility index (Phi) is 4.47. The summed E-state index contributed by atoms with van der Waals surface area (Å²) in [7, 11) is -4.16. The Hall–Kier alpha value is -2.00. The molecule has 0 aromatic heterocycles. The summed E-state index contributed by atoms with van der Waals surface area (Å²) in [5.74, 6) is -2.84. The number of halogens is 1. The molecule has 9 heteroatoms. The molecule has 7 nitrogen and oxygen atoms in total. The lowest BCUT2D eigenvalue weighted by Crippen LogP contribution is -2.46. The maximum Gasteiger partial charge on any atom is 0.302 e. The van der Waals surface area contributed by atoms with E-state index in [0.29, 0.717) is 4.31 Å². The fraction of sp³-hybridized carbons (Fsp3) is 0.385. The number of hydrogen-bond donors (Lipinski definition) is 0. The number of nitrogens with zero attached hydrogens (tertiary/aromatic N) is 1. The molecule has 0 bridgehead atoms. The van der Waals surface area contributed by atoms with Crippen molar-refractivity contribution < 1.29 is 32.2 Å². The van der Waals surface area contributed by atoms with Crippen LogP contribution in [-0.2, 0) is 24.3 Å². The fourth-order valence-corrected chi connectivity index (χ4v) is 3.93. The minimum atomic E-state index is -4.16. The molecule has 0 unspecified atom stereocenters. The van der Waals surface area contributed by atoms with Gasteiger partial charge >= 0.3 is 5.97 Å². The van der Waals surface area contributed by atoms with E-state index in [9.17, 15) is 27.5 Å². The van der Waals surface area contributed by atoms with Gasteiger partial charge in [-0.1, -0.05) is 0 Å². The van der Waals surface area contributed by atoms with E-state index < -0.39 is 39.9 Å². The molecule has 1 aliphatic heterocycles. The molecule has 22 heavy (non-hydrogen) atoms. The lowest BCUT2D eigenvalue weighted by atomic mass is 10.2. The first kappa shape index (κ1) is 16.4. The van der Waals surface area contributed by atoms with Crippen LogP contribution in [0.25, 0.3) is 0 Å². The Bertz CT molecular complexity index is 687. The number of benzene rings is 1. The first-order valence-corrected chi connectivity index (χ1v) is 7.81. The monoisotopic (exact) mass is 330 g/mol. The number of esters is 1. The van der Waals surface area contributed by atoms with Gasteiger partial charge < -0.3 is 14.6 Å². The molecule has 1 aliphatic rings. The molecule has 0 spiro atoms.